The highest BCUT2D eigenvalue weighted by Gasteiger charge is 2.12. The Balaban J connectivity index is 2.05. The minimum Gasteiger partial charge on any atom is -0.493 e. The summed E-state index contributed by atoms with van der Waals surface area (Å²) in [5, 5.41) is 2.63. The molecule has 2 rings (SSSR count). The van der Waals surface area contributed by atoms with E-state index in [2.05, 4.69) is 10.3 Å². The number of nitrogens with zero attached hydrogens (tertiary/aromatic N) is 1. The molecule has 0 unspecified atom stereocenters. The minimum absolute atomic E-state index is 0.129. The van der Waals surface area contributed by atoms with Gasteiger partial charge in [-0.1, -0.05) is 6.07 Å². The lowest BCUT2D eigenvalue weighted by molar-refractivity contribution is 0.0959. The van der Waals surface area contributed by atoms with Gasteiger partial charge < -0.3 is 14.2 Å². The van der Waals surface area contributed by atoms with Crippen LogP contribution in [0.15, 0.2) is 47.5 Å². The Bertz CT molecular complexity index is 820. The molecule has 7 heteroatoms. The second kappa shape index (κ2) is 10.3. The van der Waals surface area contributed by atoms with E-state index < -0.39 is 11.7 Å². The number of hydrogen-bond donors (Lipinski definition) is 1. The number of benzene rings is 2. The monoisotopic (exact) mass is 388 g/mol. The van der Waals surface area contributed by atoms with Crippen molar-refractivity contribution in [3.05, 3.63) is 59.4 Å². The number of halogens is 1. The van der Waals surface area contributed by atoms with E-state index in [4.69, 9.17) is 14.2 Å². The molecule has 0 aromatic heterocycles. The molecule has 0 saturated heterocycles. The lowest BCUT2D eigenvalue weighted by Gasteiger charge is -2.14. The van der Waals surface area contributed by atoms with Gasteiger partial charge in [0.05, 0.1) is 20.3 Å². The van der Waals surface area contributed by atoms with Gasteiger partial charge in [0, 0.05) is 12.1 Å². The van der Waals surface area contributed by atoms with Crippen molar-refractivity contribution in [2.75, 3.05) is 20.8 Å². The molecule has 28 heavy (non-hydrogen) atoms. The topological polar surface area (TPSA) is 69.2 Å². The SMILES string of the molecule is COc1ccc(CCN=C(NC(=O)c2ccc(F)cc2)OC(C)C)cc1OC. The molecule has 0 aliphatic carbocycles. The van der Waals surface area contributed by atoms with E-state index in [1.807, 2.05) is 32.0 Å². The van der Waals surface area contributed by atoms with Crippen LogP contribution in [0.1, 0.15) is 29.8 Å². The third kappa shape index (κ3) is 6.26. The average molecular weight is 388 g/mol. The summed E-state index contributed by atoms with van der Waals surface area (Å²) < 4.78 is 29.1. The molecule has 0 aliphatic heterocycles. The molecule has 0 radical (unpaired) electrons. The summed E-state index contributed by atoms with van der Waals surface area (Å²) in [6, 6.07) is 11.0. The second-order valence-corrected chi connectivity index (χ2v) is 6.25. The second-order valence-electron chi connectivity index (χ2n) is 6.25. The van der Waals surface area contributed by atoms with Crippen LogP contribution < -0.4 is 14.8 Å². The highest BCUT2D eigenvalue weighted by Crippen LogP contribution is 2.27. The van der Waals surface area contributed by atoms with Crippen molar-refractivity contribution in [1.29, 1.82) is 0 Å². The number of amides is 1. The normalized spacial score (nSPS) is 11.3. The van der Waals surface area contributed by atoms with Gasteiger partial charge in [-0.3, -0.25) is 10.1 Å². The van der Waals surface area contributed by atoms with Gasteiger partial charge in [0.1, 0.15) is 5.82 Å². The molecule has 0 aliphatic rings. The lowest BCUT2D eigenvalue weighted by atomic mass is 10.1. The van der Waals surface area contributed by atoms with Crippen LogP contribution in [0, 0.1) is 5.82 Å². The van der Waals surface area contributed by atoms with E-state index in [0.717, 1.165) is 5.56 Å². The molecule has 0 fully saturated rings. The number of nitrogens with one attached hydrogen (secondary N) is 1. The van der Waals surface area contributed by atoms with Gasteiger partial charge >= 0.3 is 0 Å². The van der Waals surface area contributed by atoms with Crippen LogP contribution in [-0.4, -0.2) is 38.8 Å². The third-order valence-electron chi connectivity index (χ3n) is 3.78. The number of amidine groups is 1. The fourth-order valence-corrected chi connectivity index (χ4v) is 2.42. The molecule has 0 bridgehead atoms. The Kier molecular flexibility index (Phi) is 7.80. The van der Waals surface area contributed by atoms with E-state index in [0.29, 0.717) is 30.0 Å². The van der Waals surface area contributed by atoms with E-state index >= 15 is 0 Å². The Morgan fingerprint density at radius 1 is 1.07 bits per heavy atom. The van der Waals surface area contributed by atoms with Gasteiger partial charge in [-0.25, -0.2) is 9.38 Å². The summed E-state index contributed by atoms with van der Waals surface area (Å²) in [6.07, 6.45) is 0.464. The zero-order valence-corrected chi connectivity index (χ0v) is 16.5. The van der Waals surface area contributed by atoms with Crippen LogP contribution in [0.2, 0.25) is 0 Å². The fourth-order valence-electron chi connectivity index (χ4n) is 2.42. The summed E-state index contributed by atoms with van der Waals surface area (Å²) in [4.78, 5) is 16.7. The predicted octanol–water partition coefficient (Wildman–Crippen LogP) is 3.60. The average Bonchev–Trinajstić information content (AvgIpc) is 2.67. The maximum atomic E-state index is 13.0. The van der Waals surface area contributed by atoms with Gasteiger partial charge in [0.25, 0.3) is 11.9 Å². The number of methoxy groups -OCH3 is 2. The van der Waals surface area contributed by atoms with Crippen LogP contribution in [0.4, 0.5) is 4.39 Å². The maximum Gasteiger partial charge on any atom is 0.291 e. The summed E-state index contributed by atoms with van der Waals surface area (Å²) >= 11 is 0. The van der Waals surface area contributed by atoms with Crippen molar-refractivity contribution in [3.8, 4) is 11.5 Å². The highest BCUT2D eigenvalue weighted by molar-refractivity contribution is 6.04. The van der Waals surface area contributed by atoms with Crippen LogP contribution in [-0.2, 0) is 11.2 Å². The van der Waals surface area contributed by atoms with Gasteiger partial charge in [-0.2, -0.15) is 0 Å². The number of aliphatic imine (C=N–C) groups is 1. The van der Waals surface area contributed by atoms with E-state index in [1.54, 1.807) is 14.2 Å². The number of ether oxygens (including phenoxy) is 3. The first kappa shape index (κ1) is 21.2. The van der Waals surface area contributed by atoms with Crippen molar-refractivity contribution in [2.24, 2.45) is 4.99 Å². The predicted molar refractivity (Wildman–Crippen MR) is 106 cm³/mol. The number of carbonyl (C=O) groups is 1. The number of rotatable bonds is 7. The molecule has 0 heterocycles. The van der Waals surface area contributed by atoms with Crippen molar-refractivity contribution in [1.82, 2.24) is 5.32 Å². The van der Waals surface area contributed by atoms with Crippen molar-refractivity contribution >= 4 is 11.9 Å². The van der Waals surface area contributed by atoms with Crippen molar-refractivity contribution in [2.45, 2.75) is 26.4 Å². The number of carbonyl (C=O) groups excluding carboxylic acids is 1. The molecule has 0 atom stereocenters. The van der Waals surface area contributed by atoms with Gasteiger partial charge in [0.2, 0.25) is 0 Å². The molecule has 150 valence electrons. The summed E-state index contributed by atoms with van der Waals surface area (Å²) in [6.45, 7) is 4.09. The van der Waals surface area contributed by atoms with Crippen LogP contribution in [0.3, 0.4) is 0 Å². The Morgan fingerprint density at radius 2 is 1.75 bits per heavy atom. The molecule has 2 aromatic carbocycles. The van der Waals surface area contributed by atoms with Gasteiger partial charge in [0.15, 0.2) is 11.5 Å². The molecule has 0 saturated carbocycles. The first-order valence-electron chi connectivity index (χ1n) is 8.92. The van der Waals surface area contributed by atoms with Crippen LogP contribution in [0.5, 0.6) is 11.5 Å². The van der Waals surface area contributed by atoms with Crippen molar-refractivity contribution in [3.63, 3.8) is 0 Å². The standard InChI is InChI=1S/C21H25FN2O4/c1-14(2)28-21(24-20(25)16-6-8-17(22)9-7-16)23-12-11-15-5-10-18(26-3)19(13-15)27-4/h5-10,13-14H,11-12H2,1-4H3,(H,23,24,25). The zero-order valence-electron chi connectivity index (χ0n) is 16.5. The van der Waals surface area contributed by atoms with Crippen molar-refractivity contribution < 1.29 is 23.4 Å². The molecule has 6 nitrogen and oxygen atoms in total. The highest BCUT2D eigenvalue weighted by atomic mass is 19.1. The fraction of sp³-hybridized carbons (Fsp3) is 0.333. The third-order valence-corrected chi connectivity index (χ3v) is 3.78. The smallest absolute Gasteiger partial charge is 0.291 e. The molecule has 2 aromatic rings. The molecule has 0 spiro atoms. The van der Waals surface area contributed by atoms with Gasteiger partial charge in [-0.15, -0.1) is 0 Å². The van der Waals surface area contributed by atoms with Crippen LogP contribution >= 0.6 is 0 Å². The summed E-state index contributed by atoms with van der Waals surface area (Å²) in [5.41, 5.74) is 1.33. The Hall–Kier alpha value is -3.09. The summed E-state index contributed by atoms with van der Waals surface area (Å²) in [7, 11) is 3.17. The quantitative estimate of drug-likeness (QED) is 0.581. The first-order chi connectivity index (χ1) is 13.4. The summed E-state index contributed by atoms with van der Waals surface area (Å²) in [5.74, 6) is 0.488. The Labute approximate surface area is 164 Å². The molecular weight excluding hydrogens is 363 g/mol. The largest absolute Gasteiger partial charge is 0.493 e. The molecule has 1 N–H and O–H groups in total. The van der Waals surface area contributed by atoms with E-state index in [-0.39, 0.29) is 12.1 Å². The Morgan fingerprint density at radius 3 is 2.36 bits per heavy atom. The lowest BCUT2D eigenvalue weighted by Crippen LogP contribution is -2.34. The van der Waals surface area contributed by atoms with Gasteiger partial charge in [-0.05, 0) is 62.2 Å². The molecular formula is C21H25FN2O4. The van der Waals surface area contributed by atoms with E-state index in [9.17, 15) is 9.18 Å². The number of hydrogen-bond acceptors (Lipinski definition) is 5. The molecule has 1 amide bonds. The zero-order chi connectivity index (χ0) is 20.5. The van der Waals surface area contributed by atoms with E-state index in [1.165, 1.54) is 24.3 Å². The minimum atomic E-state index is -0.412. The van der Waals surface area contributed by atoms with Crippen LogP contribution in [0.25, 0.3) is 0 Å². The maximum absolute atomic E-state index is 13.0. The first-order valence-corrected chi connectivity index (χ1v) is 8.92.